The second-order valence-corrected chi connectivity index (χ2v) is 4.62. The first-order valence-corrected chi connectivity index (χ1v) is 6.08. The molecule has 1 atom stereocenters. The van der Waals surface area contributed by atoms with E-state index >= 15 is 0 Å². The molecule has 0 aliphatic heterocycles. The van der Waals surface area contributed by atoms with Gasteiger partial charge in [0.1, 0.15) is 24.2 Å². The van der Waals surface area contributed by atoms with Gasteiger partial charge in [-0.25, -0.2) is 0 Å². The normalized spacial score (nSPS) is 13.6. The Bertz CT molecular complexity index is 530. The van der Waals surface area contributed by atoms with Crippen molar-refractivity contribution in [3.8, 4) is 5.75 Å². The monoisotopic (exact) mass is 256 g/mol. The smallest absolute Gasteiger partial charge is 0.150 e. The molecule has 0 aromatic heterocycles. The van der Waals surface area contributed by atoms with Crippen molar-refractivity contribution in [1.82, 2.24) is 0 Å². The number of hydrogen-bond acceptors (Lipinski definition) is 3. The van der Waals surface area contributed by atoms with E-state index in [0.717, 1.165) is 11.8 Å². The van der Waals surface area contributed by atoms with E-state index in [-0.39, 0.29) is 6.61 Å². The Morgan fingerprint density at radius 2 is 1.74 bits per heavy atom. The lowest BCUT2D eigenvalue weighted by Crippen LogP contribution is -2.29. The fraction of sp³-hybridized carbons (Fsp3) is 0.188. The molecule has 98 valence electrons. The summed E-state index contributed by atoms with van der Waals surface area (Å²) in [7, 11) is 0. The lowest BCUT2D eigenvalue weighted by molar-refractivity contribution is 0.00759. The minimum atomic E-state index is -1.05. The highest BCUT2D eigenvalue weighted by atomic mass is 16.5. The van der Waals surface area contributed by atoms with Crippen LogP contribution in [-0.2, 0) is 5.60 Å². The lowest BCUT2D eigenvalue weighted by atomic mass is 9.97. The fourth-order valence-electron chi connectivity index (χ4n) is 1.75. The van der Waals surface area contributed by atoms with E-state index in [2.05, 4.69) is 0 Å². The molecule has 2 rings (SSSR count). The fourth-order valence-corrected chi connectivity index (χ4v) is 1.75. The topological polar surface area (TPSA) is 46.5 Å². The van der Waals surface area contributed by atoms with E-state index in [4.69, 9.17) is 4.74 Å². The predicted molar refractivity (Wildman–Crippen MR) is 73.3 cm³/mol. The van der Waals surface area contributed by atoms with Crippen LogP contribution in [0, 0.1) is 0 Å². The van der Waals surface area contributed by atoms with Crippen LogP contribution in [0.1, 0.15) is 22.8 Å². The molecule has 3 nitrogen and oxygen atoms in total. The SMILES string of the molecule is CC(O)(COc1ccc(C=O)cc1)c1ccccc1. The molecule has 0 amide bonds. The zero-order valence-corrected chi connectivity index (χ0v) is 10.7. The Labute approximate surface area is 112 Å². The van der Waals surface area contributed by atoms with Gasteiger partial charge in [0.25, 0.3) is 0 Å². The van der Waals surface area contributed by atoms with Gasteiger partial charge < -0.3 is 9.84 Å². The summed E-state index contributed by atoms with van der Waals surface area (Å²) in [5.41, 5.74) is 0.353. The van der Waals surface area contributed by atoms with Gasteiger partial charge in [-0.1, -0.05) is 30.3 Å². The molecule has 0 aliphatic rings. The number of aliphatic hydroxyl groups is 1. The molecule has 0 radical (unpaired) electrons. The molecule has 19 heavy (non-hydrogen) atoms. The van der Waals surface area contributed by atoms with Crippen molar-refractivity contribution in [3.05, 3.63) is 65.7 Å². The summed E-state index contributed by atoms with van der Waals surface area (Å²) in [5.74, 6) is 0.627. The minimum absolute atomic E-state index is 0.150. The van der Waals surface area contributed by atoms with E-state index < -0.39 is 5.60 Å². The minimum Gasteiger partial charge on any atom is -0.490 e. The predicted octanol–water partition coefficient (Wildman–Crippen LogP) is 2.79. The van der Waals surface area contributed by atoms with Gasteiger partial charge in [0.2, 0.25) is 0 Å². The maximum Gasteiger partial charge on any atom is 0.150 e. The average Bonchev–Trinajstić information content (AvgIpc) is 2.47. The summed E-state index contributed by atoms with van der Waals surface area (Å²) in [6.07, 6.45) is 0.782. The van der Waals surface area contributed by atoms with Crippen LogP contribution >= 0.6 is 0 Å². The van der Waals surface area contributed by atoms with Crippen molar-refractivity contribution in [2.24, 2.45) is 0 Å². The average molecular weight is 256 g/mol. The first-order chi connectivity index (χ1) is 9.12. The van der Waals surface area contributed by atoms with Crippen molar-refractivity contribution in [3.63, 3.8) is 0 Å². The molecular weight excluding hydrogens is 240 g/mol. The standard InChI is InChI=1S/C16H16O3/c1-16(18,14-5-3-2-4-6-14)12-19-15-9-7-13(11-17)8-10-15/h2-11,18H,12H2,1H3. The number of benzene rings is 2. The Morgan fingerprint density at radius 1 is 1.11 bits per heavy atom. The molecule has 1 N–H and O–H groups in total. The summed E-state index contributed by atoms with van der Waals surface area (Å²) in [6, 6.07) is 16.2. The molecule has 0 bridgehead atoms. The van der Waals surface area contributed by atoms with Crippen LogP contribution in [0.25, 0.3) is 0 Å². The molecule has 3 heteroatoms. The van der Waals surface area contributed by atoms with Gasteiger partial charge in [0.05, 0.1) is 0 Å². The summed E-state index contributed by atoms with van der Waals surface area (Å²) < 4.78 is 5.56. The molecule has 1 unspecified atom stereocenters. The number of rotatable bonds is 5. The lowest BCUT2D eigenvalue weighted by Gasteiger charge is -2.24. The summed E-state index contributed by atoms with van der Waals surface area (Å²) >= 11 is 0. The first-order valence-electron chi connectivity index (χ1n) is 6.08. The third kappa shape index (κ3) is 3.42. The van der Waals surface area contributed by atoms with Crippen LogP contribution in [0.4, 0.5) is 0 Å². The molecule has 0 saturated carbocycles. The molecule has 2 aromatic carbocycles. The van der Waals surface area contributed by atoms with E-state index in [0.29, 0.717) is 11.3 Å². The van der Waals surface area contributed by atoms with Gasteiger partial charge in [0, 0.05) is 5.56 Å². The Hall–Kier alpha value is -2.13. The summed E-state index contributed by atoms with van der Waals surface area (Å²) in [5, 5.41) is 10.4. The largest absolute Gasteiger partial charge is 0.490 e. The highest BCUT2D eigenvalue weighted by Crippen LogP contribution is 2.22. The molecule has 0 fully saturated rings. The number of aldehydes is 1. The third-order valence-electron chi connectivity index (χ3n) is 2.93. The van der Waals surface area contributed by atoms with Crippen molar-refractivity contribution in [1.29, 1.82) is 0 Å². The van der Waals surface area contributed by atoms with Crippen molar-refractivity contribution < 1.29 is 14.6 Å². The van der Waals surface area contributed by atoms with Crippen LogP contribution < -0.4 is 4.74 Å². The third-order valence-corrected chi connectivity index (χ3v) is 2.93. The summed E-state index contributed by atoms with van der Waals surface area (Å²) in [4.78, 5) is 10.5. The second-order valence-electron chi connectivity index (χ2n) is 4.62. The molecule has 0 heterocycles. The second kappa shape index (κ2) is 5.67. The zero-order chi connectivity index (χ0) is 13.7. The highest BCUT2D eigenvalue weighted by Gasteiger charge is 2.23. The summed E-state index contributed by atoms with van der Waals surface area (Å²) in [6.45, 7) is 1.86. The van der Waals surface area contributed by atoms with Gasteiger partial charge in [-0.15, -0.1) is 0 Å². The first kappa shape index (κ1) is 13.3. The van der Waals surface area contributed by atoms with Gasteiger partial charge in [0.15, 0.2) is 0 Å². The number of carbonyl (C=O) groups excluding carboxylic acids is 1. The molecule has 0 aliphatic carbocycles. The van der Waals surface area contributed by atoms with Crippen LogP contribution in [0.5, 0.6) is 5.75 Å². The van der Waals surface area contributed by atoms with E-state index in [1.807, 2.05) is 30.3 Å². The number of ether oxygens (including phenoxy) is 1. The van der Waals surface area contributed by atoms with Crippen LogP contribution in [0.2, 0.25) is 0 Å². The number of carbonyl (C=O) groups is 1. The van der Waals surface area contributed by atoms with Gasteiger partial charge in [-0.2, -0.15) is 0 Å². The zero-order valence-electron chi connectivity index (χ0n) is 10.7. The maximum absolute atomic E-state index is 10.5. The van der Waals surface area contributed by atoms with E-state index in [1.54, 1.807) is 31.2 Å². The van der Waals surface area contributed by atoms with E-state index in [9.17, 15) is 9.90 Å². The van der Waals surface area contributed by atoms with Crippen LogP contribution in [0.15, 0.2) is 54.6 Å². The van der Waals surface area contributed by atoms with Crippen molar-refractivity contribution >= 4 is 6.29 Å². The highest BCUT2D eigenvalue weighted by molar-refractivity contribution is 5.74. The Morgan fingerprint density at radius 3 is 2.32 bits per heavy atom. The van der Waals surface area contributed by atoms with Crippen LogP contribution in [0.3, 0.4) is 0 Å². The molecule has 0 spiro atoms. The molecule has 2 aromatic rings. The Kier molecular flexibility index (Phi) is 3.97. The van der Waals surface area contributed by atoms with Crippen molar-refractivity contribution in [2.45, 2.75) is 12.5 Å². The van der Waals surface area contributed by atoms with Gasteiger partial charge in [-0.3, -0.25) is 4.79 Å². The van der Waals surface area contributed by atoms with E-state index in [1.165, 1.54) is 0 Å². The maximum atomic E-state index is 10.5. The van der Waals surface area contributed by atoms with Crippen LogP contribution in [-0.4, -0.2) is 18.0 Å². The van der Waals surface area contributed by atoms with Crippen molar-refractivity contribution in [2.75, 3.05) is 6.61 Å². The quantitative estimate of drug-likeness (QED) is 0.837. The molecular formula is C16H16O3. The Balaban J connectivity index is 2.03. The number of hydrogen-bond donors (Lipinski definition) is 1. The van der Waals surface area contributed by atoms with Gasteiger partial charge >= 0.3 is 0 Å². The van der Waals surface area contributed by atoms with Gasteiger partial charge in [-0.05, 0) is 36.8 Å². The molecule has 0 saturated heterocycles.